The molecule has 0 aliphatic heterocycles. The van der Waals surface area contributed by atoms with Crippen LogP contribution in [0.25, 0.3) is 0 Å². The van der Waals surface area contributed by atoms with E-state index in [2.05, 4.69) is 20.7 Å². The van der Waals surface area contributed by atoms with Gasteiger partial charge >= 0.3 is 6.36 Å². The maximum Gasteiger partial charge on any atom is 0.573 e. The van der Waals surface area contributed by atoms with Gasteiger partial charge in [0, 0.05) is 16.1 Å². The molecule has 1 aromatic rings. The molecule has 0 unspecified atom stereocenters. The van der Waals surface area contributed by atoms with Crippen LogP contribution in [0.15, 0.2) is 22.7 Å². The topological polar surface area (TPSA) is 35.2 Å². The van der Waals surface area contributed by atoms with Crippen molar-refractivity contribution in [1.29, 1.82) is 0 Å². The molecule has 1 atom stereocenters. The van der Waals surface area contributed by atoms with Gasteiger partial charge in [-0.2, -0.15) is 0 Å². The van der Waals surface area contributed by atoms with Crippen molar-refractivity contribution < 1.29 is 17.9 Å². The molecule has 0 saturated carbocycles. The van der Waals surface area contributed by atoms with E-state index >= 15 is 0 Å². The Morgan fingerprint density at radius 1 is 1.22 bits per heavy atom. The molecule has 18 heavy (non-hydrogen) atoms. The van der Waals surface area contributed by atoms with Gasteiger partial charge in [0.15, 0.2) is 0 Å². The van der Waals surface area contributed by atoms with Crippen LogP contribution in [0.4, 0.5) is 13.2 Å². The standard InChI is InChI=1S/C12H15BrF3NO/c1-11(2,3)10(17)8-6-7(13)4-5-9(8)18-12(14,15)16/h4-6,10H,17H2,1-3H3/t10-/m1/s1. The first kappa shape index (κ1) is 15.3. The van der Waals surface area contributed by atoms with Gasteiger partial charge in [0.2, 0.25) is 0 Å². The zero-order chi connectivity index (χ0) is 14.1. The SMILES string of the molecule is CC(C)(C)[C@H](N)c1cc(Br)ccc1OC(F)(F)F. The fourth-order valence-electron chi connectivity index (χ4n) is 1.45. The fourth-order valence-corrected chi connectivity index (χ4v) is 1.83. The second-order valence-electron chi connectivity index (χ2n) is 5.07. The van der Waals surface area contributed by atoms with Crippen LogP contribution in [0, 0.1) is 5.41 Å². The minimum atomic E-state index is -4.72. The molecule has 0 bridgehead atoms. The summed E-state index contributed by atoms with van der Waals surface area (Å²) in [6.07, 6.45) is -4.72. The highest BCUT2D eigenvalue weighted by atomic mass is 79.9. The Labute approximate surface area is 112 Å². The van der Waals surface area contributed by atoms with Crippen molar-refractivity contribution in [1.82, 2.24) is 0 Å². The molecule has 2 N–H and O–H groups in total. The third-order valence-electron chi connectivity index (χ3n) is 2.47. The molecular weight excluding hydrogens is 311 g/mol. The molecule has 0 radical (unpaired) electrons. The summed E-state index contributed by atoms with van der Waals surface area (Å²) in [5.41, 5.74) is 5.95. The van der Waals surface area contributed by atoms with Crippen LogP contribution in [0.3, 0.4) is 0 Å². The van der Waals surface area contributed by atoms with Gasteiger partial charge in [0.1, 0.15) is 5.75 Å². The summed E-state index contributed by atoms with van der Waals surface area (Å²) in [7, 11) is 0. The molecule has 0 aromatic heterocycles. The minimum Gasteiger partial charge on any atom is -0.405 e. The van der Waals surface area contributed by atoms with E-state index in [-0.39, 0.29) is 11.2 Å². The number of halogens is 4. The van der Waals surface area contributed by atoms with Crippen LogP contribution in [0.2, 0.25) is 0 Å². The summed E-state index contributed by atoms with van der Waals surface area (Å²) in [6.45, 7) is 5.57. The number of rotatable bonds is 2. The molecule has 0 amide bonds. The monoisotopic (exact) mass is 325 g/mol. The Hall–Kier alpha value is -0.750. The lowest BCUT2D eigenvalue weighted by molar-refractivity contribution is -0.275. The van der Waals surface area contributed by atoms with Crippen molar-refractivity contribution in [3.63, 3.8) is 0 Å². The molecule has 0 spiro atoms. The largest absolute Gasteiger partial charge is 0.573 e. The smallest absolute Gasteiger partial charge is 0.405 e. The first-order valence-corrected chi connectivity index (χ1v) is 6.11. The zero-order valence-corrected chi connectivity index (χ0v) is 11.9. The normalized spacial score (nSPS) is 14.4. The van der Waals surface area contributed by atoms with Crippen molar-refractivity contribution in [2.24, 2.45) is 11.1 Å². The van der Waals surface area contributed by atoms with Crippen LogP contribution in [0.1, 0.15) is 32.4 Å². The van der Waals surface area contributed by atoms with Crippen LogP contribution in [-0.4, -0.2) is 6.36 Å². The highest BCUT2D eigenvalue weighted by Crippen LogP contribution is 2.38. The van der Waals surface area contributed by atoms with Crippen molar-refractivity contribution >= 4 is 15.9 Å². The molecular formula is C12H15BrF3NO. The Kier molecular flexibility index (Phi) is 4.33. The highest BCUT2D eigenvalue weighted by Gasteiger charge is 2.34. The minimum absolute atomic E-state index is 0.256. The van der Waals surface area contributed by atoms with E-state index in [1.165, 1.54) is 12.1 Å². The van der Waals surface area contributed by atoms with Crippen molar-refractivity contribution in [3.8, 4) is 5.75 Å². The van der Waals surface area contributed by atoms with Gasteiger partial charge in [-0.05, 0) is 23.6 Å². The lowest BCUT2D eigenvalue weighted by Crippen LogP contribution is -2.28. The summed E-state index contributed by atoms with van der Waals surface area (Å²) in [6, 6.07) is 3.74. The van der Waals surface area contributed by atoms with Crippen molar-refractivity contribution in [2.45, 2.75) is 33.2 Å². The first-order valence-electron chi connectivity index (χ1n) is 5.31. The van der Waals surface area contributed by atoms with Crippen molar-refractivity contribution in [2.75, 3.05) is 0 Å². The predicted molar refractivity (Wildman–Crippen MR) is 67.2 cm³/mol. The summed E-state index contributed by atoms with van der Waals surface area (Å²) < 4.78 is 41.6. The van der Waals surface area contributed by atoms with Crippen molar-refractivity contribution in [3.05, 3.63) is 28.2 Å². The van der Waals surface area contributed by atoms with E-state index in [0.29, 0.717) is 10.0 Å². The number of alkyl halides is 3. The maximum absolute atomic E-state index is 12.3. The second kappa shape index (κ2) is 5.09. The van der Waals surface area contributed by atoms with Gasteiger partial charge < -0.3 is 10.5 Å². The van der Waals surface area contributed by atoms with Gasteiger partial charge in [0.25, 0.3) is 0 Å². The molecule has 1 aromatic carbocycles. The number of hydrogen-bond acceptors (Lipinski definition) is 2. The molecule has 0 aliphatic carbocycles. The zero-order valence-electron chi connectivity index (χ0n) is 10.3. The van der Waals surface area contributed by atoms with Gasteiger partial charge in [-0.1, -0.05) is 36.7 Å². The molecule has 6 heteroatoms. The van der Waals surface area contributed by atoms with Gasteiger partial charge in [-0.25, -0.2) is 0 Å². The maximum atomic E-state index is 12.3. The lowest BCUT2D eigenvalue weighted by Gasteiger charge is -2.29. The second-order valence-corrected chi connectivity index (χ2v) is 5.99. The molecule has 2 nitrogen and oxygen atoms in total. The number of benzene rings is 1. The Bertz CT molecular complexity index is 426. The van der Waals surface area contributed by atoms with E-state index in [0.717, 1.165) is 0 Å². The third-order valence-corrected chi connectivity index (χ3v) is 2.96. The van der Waals surface area contributed by atoms with Crippen LogP contribution in [-0.2, 0) is 0 Å². The lowest BCUT2D eigenvalue weighted by atomic mass is 9.83. The number of hydrogen-bond donors (Lipinski definition) is 1. The van der Waals surface area contributed by atoms with Crippen LogP contribution in [0.5, 0.6) is 5.75 Å². The quantitative estimate of drug-likeness (QED) is 0.875. The Morgan fingerprint density at radius 2 is 1.78 bits per heavy atom. The third kappa shape index (κ3) is 4.17. The summed E-state index contributed by atoms with van der Waals surface area (Å²) >= 11 is 3.22. The molecule has 0 fully saturated rings. The Morgan fingerprint density at radius 3 is 2.22 bits per heavy atom. The Balaban J connectivity index is 3.20. The van der Waals surface area contributed by atoms with E-state index < -0.39 is 12.4 Å². The van der Waals surface area contributed by atoms with E-state index in [1.54, 1.807) is 6.07 Å². The molecule has 1 rings (SSSR count). The summed E-state index contributed by atoms with van der Waals surface area (Å²) in [5, 5.41) is 0. The number of nitrogens with two attached hydrogens (primary N) is 1. The van der Waals surface area contributed by atoms with Gasteiger partial charge in [-0.3, -0.25) is 0 Å². The molecule has 0 aliphatic rings. The molecule has 102 valence electrons. The number of ether oxygens (including phenoxy) is 1. The van der Waals surface area contributed by atoms with Crippen LogP contribution >= 0.6 is 15.9 Å². The summed E-state index contributed by atoms with van der Waals surface area (Å²) in [4.78, 5) is 0. The average molecular weight is 326 g/mol. The fraction of sp³-hybridized carbons (Fsp3) is 0.500. The van der Waals surface area contributed by atoms with E-state index in [1.807, 2.05) is 20.8 Å². The molecule has 0 saturated heterocycles. The predicted octanol–water partition coefficient (Wildman–Crippen LogP) is 4.39. The van der Waals surface area contributed by atoms with Gasteiger partial charge in [-0.15, -0.1) is 13.2 Å². The summed E-state index contributed by atoms with van der Waals surface area (Å²) in [5.74, 6) is -0.256. The molecule has 0 heterocycles. The van der Waals surface area contributed by atoms with E-state index in [4.69, 9.17) is 5.73 Å². The average Bonchev–Trinajstić information content (AvgIpc) is 2.16. The first-order chi connectivity index (χ1) is 8.00. The van der Waals surface area contributed by atoms with Crippen LogP contribution < -0.4 is 10.5 Å². The van der Waals surface area contributed by atoms with Gasteiger partial charge in [0.05, 0.1) is 0 Å². The van der Waals surface area contributed by atoms with E-state index in [9.17, 15) is 13.2 Å². The highest BCUT2D eigenvalue weighted by molar-refractivity contribution is 9.10.